The molecule has 200 valence electrons. The number of thiazole rings is 1. The number of carboxylic acid groups (broad SMARTS) is 1. The van der Waals surface area contributed by atoms with Crippen molar-refractivity contribution in [2.24, 2.45) is 10.9 Å². The van der Waals surface area contributed by atoms with E-state index >= 15 is 0 Å². The molecule has 1 aromatic heterocycles. The van der Waals surface area contributed by atoms with Gasteiger partial charge in [-0.05, 0) is 28.3 Å². The molecule has 2 aromatic carbocycles. The predicted octanol–water partition coefficient (Wildman–Crippen LogP) is 3.58. The molecular formula is C26H22ClN5O5S2. The number of aromatic nitrogens is 1. The number of carboxylic acids is 1. The zero-order valence-corrected chi connectivity index (χ0v) is 22.9. The molecule has 3 aromatic rings. The fraction of sp³-hybridized carbons (Fsp3) is 0.192. The Balaban J connectivity index is 1.50. The number of carbonyl (C=O) groups is 3. The Bertz CT molecular complexity index is 1490. The molecule has 0 saturated carbocycles. The summed E-state index contributed by atoms with van der Waals surface area (Å²) in [7, 11) is 1.25. The van der Waals surface area contributed by atoms with Gasteiger partial charge in [-0.2, -0.15) is 0 Å². The summed E-state index contributed by atoms with van der Waals surface area (Å²) in [6, 6.07) is 14.3. The highest BCUT2D eigenvalue weighted by molar-refractivity contribution is 8.00. The molecule has 2 atom stereocenters. The number of amidine groups is 1. The minimum absolute atomic E-state index is 0.112. The number of nitrogens with two attached hydrogens (primary N) is 1. The molecule has 2 aliphatic heterocycles. The summed E-state index contributed by atoms with van der Waals surface area (Å²) >= 11 is 8.51. The quantitative estimate of drug-likeness (QED) is 0.141. The second-order valence-electron chi connectivity index (χ2n) is 8.58. The van der Waals surface area contributed by atoms with Crippen molar-refractivity contribution in [2.45, 2.75) is 17.3 Å². The highest BCUT2D eigenvalue weighted by atomic mass is 35.5. The summed E-state index contributed by atoms with van der Waals surface area (Å²) in [4.78, 5) is 50.4. The number of fused-ring (bicyclic) bond motifs is 1. The number of nitrogens with zero attached hydrogens (tertiary/aromatic N) is 4. The number of alkyl halides is 1. The Hall–Kier alpha value is -3.87. The first-order valence-corrected chi connectivity index (χ1v) is 14.1. The van der Waals surface area contributed by atoms with E-state index in [1.165, 1.54) is 40.6 Å². The van der Waals surface area contributed by atoms with Gasteiger partial charge in [0.1, 0.15) is 30.0 Å². The van der Waals surface area contributed by atoms with Gasteiger partial charge < -0.3 is 15.7 Å². The lowest BCUT2D eigenvalue weighted by atomic mass is 9.95. The van der Waals surface area contributed by atoms with Crippen molar-refractivity contribution in [2.75, 3.05) is 17.8 Å². The van der Waals surface area contributed by atoms with E-state index < -0.39 is 35.0 Å². The molecule has 10 nitrogen and oxygen atoms in total. The number of benzene rings is 2. The maximum Gasteiger partial charge on any atom is 0.352 e. The Morgan fingerprint density at radius 1 is 1.23 bits per heavy atom. The molecular weight excluding hydrogens is 562 g/mol. The zero-order valence-electron chi connectivity index (χ0n) is 20.5. The molecule has 3 heterocycles. The molecule has 5 rings (SSSR count). The number of hydrogen-bond acceptors (Lipinski definition) is 8. The van der Waals surface area contributed by atoms with Crippen molar-refractivity contribution in [1.29, 1.82) is 0 Å². The van der Waals surface area contributed by atoms with Gasteiger partial charge in [0.15, 0.2) is 0 Å². The Labute approximate surface area is 236 Å². The second-order valence-corrected chi connectivity index (χ2v) is 10.7. The van der Waals surface area contributed by atoms with Crippen molar-refractivity contribution in [3.8, 4) is 11.1 Å². The van der Waals surface area contributed by atoms with Crippen LogP contribution in [0.15, 0.2) is 70.3 Å². The molecule has 3 N–H and O–H groups in total. The van der Waals surface area contributed by atoms with Crippen LogP contribution in [-0.4, -0.2) is 62.9 Å². The van der Waals surface area contributed by atoms with Gasteiger partial charge in [0.05, 0.1) is 5.51 Å². The SMILES string of the molecule is CO/N=C(\N)C(=O)N(c1cscn1)[C@@H]1C(=O)N2C(C(=O)O)=C(c3cccc(-c4ccc(CCl)cc4)c3)CS[C@@H]12. The third-order valence-electron chi connectivity index (χ3n) is 6.37. The first kappa shape index (κ1) is 26.7. The summed E-state index contributed by atoms with van der Waals surface area (Å²) in [5.74, 6) is -2.06. The fourth-order valence-corrected chi connectivity index (χ4v) is 6.68. The van der Waals surface area contributed by atoms with Gasteiger partial charge in [-0.15, -0.1) is 34.7 Å². The standard InChI is InChI=1S/C26H22ClN5O5S2/c1-37-30-22(28)24(34)31(19-12-38-13-29-19)21-23(33)32-20(26(35)36)18(11-39-25(21)32)17-4-2-3-16(9-17)15-7-5-14(10-27)6-8-15/h2-9,12-13,21,25H,10-11H2,1H3,(H2,28,30)(H,35,36)/t21-,25+/m1/s1. The van der Waals surface area contributed by atoms with E-state index in [0.717, 1.165) is 21.6 Å². The smallest absolute Gasteiger partial charge is 0.352 e. The number of rotatable bonds is 7. The molecule has 1 saturated heterocycles. The van der Waals surface area contributed by atoms with Gasteiger partial charge in [0.2, 0.25) is 5.84 Å². The number of aliphatic carboxylic acids is 1. The number of carbonyl (C=O) groups excluding carboxylic acids is 2. The van der Waals surface area contributed by atoms with Crippen molar-refractivity contribution < 1.29 is 24.3 Å². The minimum Gasteiger partial charge on any atom is -0.477 e. The first-order chi connectivity index (χ1) is 18.8. The van der Waals surface area contributed by atoms with Crippen molar-refractivity contribution in [3.63, 3.8) is 0 Å². The number of anilines is 1. The Kier molecular flexibility index (Phi) is 7.60. The minimum atomic E-state index is -1.23. The zero-order chi connectivity index (χ0) is 27.7. The van der Waals surface area contributed by atoms with Crippen LogP contribution in [0.4, 0.5) is 5.82 Å². The largest absolute Gasteiger partial charge is 0.477 e. The molecule has 2 amide bonds. The van der Waals surface area contributed by atoms with E-state index in [4.69, 9.17) is 17.3 Å². The third-order valence-corrected chi connectivity index (χ3v) is 8.52. The molecule has 39 heavy (non-hydrogen) atoms. The van der Waals surface area contributed by atoms with Crippen LogP contribution in [0, 0.1) is 0 Å². The van der Waals surface area contributed by atoms with E-state index in [0.29, 0.717) is 22.8 Å². The highest BCUT2D eigenvalue weighted by Gasteiger charge is 2.58. The maximum absolute atomic E-state index is 13.5. The number of amides is 2. The van der Waals surface area contributed by atoms with E-state index in [2.05, 4.69) is 15.0 Å². The maximum atomic E-state index is 13.5. The van der Waals surface area contributed by atoms with Crippen LogP contribution < -0.4 is 10.6 Å². The molecule has 0 spiro atoms. The van der Waals surface area contributed by atoms with Gasteiger partial charge in [-0.25, -0.2) is 9.78 Å². The number of oxime groups is 1. The molecule has 13 heteroatoms. The van der Waals surface area contributed by atoms with E-state index in [1.54, 1.807) is 5.38 Å². The molecule has 0 unspecified atom stereocenters. The first-order valence-electron chi connectivity index (χ1n) is 11.6. The van der Waals surface area contributed by atoms with Gasteiger partial charge in [0, 0.05) is 22.6 Å². The second kappa shape index (κ2) is 11.1. The number of halogens is 1. The van der Waals surface area contributed by atoms with E-state index in [1.807, 2.05) is 48.5 Å². The third kappa shape index (κ3) is 4.86. The van der Waals surface area contributed by atoms with Crippen molar-refractivity contribution in [1.82, 2.24) is 9.88 Å². The topological polar surface area (TPSA) is 138 Å². The highest BCUT2D eigenvalue weighted by Crippen LogP contribution is 2.46. The molecule has 0 aliphatic carbocycles. The van der Waals surface area contributed by atoms with E-state index in [9.17, 15) is 19.5 Å². The van der Waals surface area contributed by atoms with Crippen LogP contribution in [0.1, 0.15) is 11.1 Å². The fourth-order valence-electron chi connectivity index (χ4n) is 4.56. The summed E-state index contributed by atoms with van der Waals surface area (Å²) in [6.07, 6.45) is 0. The van der Waals surface area contributed by atoms with Gasteiger partial charge in [0.25, 0.3) is 11.8 Å². The van der Waals surface area contributed by atoms with Gasteiger partial charge in [-0.3, -0.25) is 19.4 Å². The Morgan fingerprint density at radius 2 is 1.97 bits per heavy atom. The van der Waals surface area contributed by atoms with Gasteiger partial charge in [-0.1, -0.05) is 47.6 Å². The van der Waals surface area contributed by atoms with Crippen LogP contribution in [0.3, 0.4) is 0 Å². The number of β-lactam (4-membered cyclic amide) rings is 1. The molecule has 2 aliphatic rings. The van der Waals surface area contributed by atoms with E-state index in [-0.39, 0.29) is 11.5 Å². The lowest BCUT2D eigenvalue weighted by Gasteiger charge is -2.52. The van der Waals surface area contributed by atoms with Crippen LogP contribution in [0.5, 0.6) is 0 Å². The van der Waals surface area contributed by atoms with Crippen molar-refractivity contribution in [3.05, 3.63) is 76.2 Å². The molecule has 0 radical (unpaired) electrons. The molecule has 1 fully saturated rings. The average molecular weight is 584 g/mol. The molecule has 0 bridgehead atoms. The van der Waals surface area contributed by atoms with Crippen LogP contribution >= 0.6 is 34.7 Å². The Morgan fingerprint density at radius 3 is 2.62 bits per heavy atom. The average Bonchev–Trinajstić information content (AvgIpc) is 3.49. The summed E-state index contributed by atoms with van der Waals surface area (Å²) in [5.41, 5.74) is 11.3. The summed E-state index contributed by atoms with van der Waals surface area (Å²) in [5, 5.41) is 14.7. The number of hydrogen-bond donors (Lipinski definition) is 2. The summed E-state index contributed by atoms with van der Waals surface area (Å²) < 4.78 is 0. The van der Waals surface area contributed by atoms with Crippen LogP contribution in [0.25, 0.3) is 16.7 Å². The summed E-state index contributed by atoms with van der Waals surface area (Å²) in [6.45, 7) is 0. The lowest BCUT2D eigenvalue weighted by molar-refractivity contribution is -0.148. The van der Waals surface area contributed by atoms with Crippen LogP contribution in [0.2, 0.25) is 0 Å². The normalized spacial score (nSPS) is 18.9. The van der Waals surface area contributed by atoms with Crippen molar-refractivity contribution >= 4 is 69.7 Å². The monoisotopic (exact) mass is 583 g/mol. The number of thioether (sulfide) groups is 1. The lowest BCUT2D eigenvalue weighted by Crippen LogP contribution is -2.72. The van der Waals surface area contributed by atoms with Crippen LogP contribution in [-0.2, 0) is 25.1 Å². The van der Waals surface area contributed by atoms with Gasteiger partial charge >= 0.3 is 5.97 Å². The predicted molar refractivity (Wildman–Crippen MR) is 151 cm³/mol.